The van der Waals surface area contributed by atoms with E-state index in [0.29, 0.717) is 37.4 Å². The number of aliphatic hydroxyl groups excluding tert-OH is 1. The third-order valence-corrected chi connectivity index (χ3v) is 6.38. The largest absolute Gasteiger partial charge is 0.462 e. The van der Waals surface area contributed by atoms with Crippen molar-refractivity contribution < 1.29 is 14.6 Å². The van der Waals surface area contributed by atoms with Crippen molar-refractivity contribution in [2.75, 3.05) is 13.2 Å². The van der Waals surface area contributed by atoms with Gasteiger partial charge in [-0.1, -0.05) is 39.2 Å². The van der Waals surface area contributed by atoms with Crippen LogP contribution in [-0.4, -0.2) is 34.3 Å². The van der Waals surface area contributed by atoms with Crippen LogP contribution in [0, 0.1) is 11.8 Å². The molecule has 5 nitrogen and oxygen atoms in total. The Labute approximate surface area is 182 Å². The van der Waals surface area contributed by atoms with Crippen LogP contribution in [0.2, 0.25) is 0 Å². The number of aliphatic hydroxyl groups is 1. The Balaban J connectivity index is 1.79. The Morgan fingerprint density at radius 2 is 1.90 bits per heavy atom. The van der Waals surface area contributed by atoms with Crippen LogP contribution >= 0.6 is 0 Å². The van der Waals surface area contributed by atoms with Crippen LogP contribution in [0.5, 0.6) is 0 Å². The zero-order chi connectivity index (χ0) is 21.8. The van der Waals surface area contributed by atoms with Crippen LogP contribution in [0.1, 0.15) is 95.4 Å². The number of rotatable bonds is 13. The van der Waals surface area contributed by atoms with E-state index in [4.69, 9.17) is 4.74 Å². The average molecular weight is 417 g/mol. The summed E-state index contributed by atoms with van der Waals surface area (Å²) in [5.74, 6) is 2.13. The Kier molecular flexibility index (Phi) is 11.1. The van der Waals surface area contributed by atoms with Crippen LogP contribution in [0.15, 0.2) is 24.5 Å². The summed E-state index contributed by atoms with van der Waals surface area (Å²) in [4.78, 5) is 20.7. The van der Waals surface area contributed by atoms with Gasteiger partial charge in [0.15, 0.2) is 0 Å². The van der Waals surface area contributed by atoms with E-state index in [1.165, 1.54) is 56.9 Å². The van der Waals surface area contributed by atoms with E-state index in [0.717, 1.165) is 11.7 Å². The summed E-state index contributed by atoms with van der Waals surface area (Å²) in [6, 6.07) is 0. The van der Waals surface area contributed by atoms with Gasteiger partial charge >= 0.3 is 5.97 Å². The Morgan fingerprint density at radius 3 is 2.50 bits per heavy atom. The topological polar surface area (TPSA) is 72.3 Å². The van der Waals surface area contributed by atoms with Gasteiger partial charge in [-0.2, -0.15) is 0 Å². The summed E-state index contributed by atoms with van der Waals surface area (Å²) in [6.07, 6.45) is 16.6. The van der Waals surface area contributed by atoms with Gasteiger partial charge in [-0.15, -0.1) is 0 Å². The minimum atomic E-state index is -0.363. The molecule has 0 spiro atoms. The fraction of sp³-hybridized carbons (Fsp3) is 0.720. The van der Waals surface area contributed by atoms with Crippen molar-refractivity contribution >= 4 is 5.97 Å². The molecule has 1 atom stereocenters. The summed E-state index contributed by atoms with van der Waals surface area (Å²) in [5.41, 5.74) is 1.67. The molecule has 1 aliphatic rings. The molecule has 0 bridgehead atoms. The van der Waals surface area contributed by atoms with Crippen LogP contribution in [0.25, 0.3) is 0 Å². The van der Waals surface area contributed by atoms with Gasteiger partial charge in [0.2, 0.25) is 0 Å². The molecule has 1 aromatic heterocycles. The number of hydrogen-bond acceptors (Lipinski definition) is 5. The van der Waals surface area contributed by atoms with Crippen molar-refractivity contribution in [1.82, 2.24) is 9.97 Å². The molecular formula is C25H40N2O3. The monoisotopic (exact) mass is 416 g/mol. The highest BCUT2D eigenvalue weighted by Crippen LogP contribution is 2.37. The molecule has 1 aliphatic carbocycles. The van der Waals surface area contributed by atoms with Crippen LogP contribution in [0.3, 0.4) is 0 Å². The zero-order valence-corrected chi connectivity index (χ0v) is 18.9. The summed E-state index contributed by atoms with van der Waals surface area (Å²) < 4.78 is 5.19. The molecule has 5 heteroatoms. The van der Waals surface area contributed by atoms with Crippen molar-refractivity contribution in [2.45, 2.75) is 90.4 Å². The Bertz CT molecular complexity index is 636. The first-order valence-corrected chi connectivity index (χ1v) is 11.8. The standard InChI is InChI=1S/C25H40N2O3/c1-4-5-6-7-20-8-10-22(11-9-20)23-17-26-24(27-18-23)16-21(12-14-28)13-15-30-25(29)19(2)3/h17-18,20-22,28H,2,4-16H2,1,3H3. The molecule has 1 heterocycles. The second-order valence-corrected chi connectivity index (χ2v) is 8.93. The normalized spacial score (nSPS) is 20.0. The van der Waals surface area contributed by atoms with Crippen molar-refractivity contribution in [2.24, 2.45) is 11.8 Å². The first-order chi connectivity index (χ1) is 14.5. The smallest absolute Gasteiger partial charge is 0.333 e. The molecule has 1 saturated carbocycles. The molecule has 30 heavy (non-hydrogen) atoms. The number of carbonyl (C=O) groups excluding carboxylic acids is 1. The van der Waals surface area contributed by atoms with Crippen molar-refractivity contribution in [3.8, 4) is 0 Å². The molecular weight excluding hydrogens is 376 g/mol. The van der Waals surface area contributed by atoms with Crippen molar-refractivity contribution in [1.29, 1.82) is 0 Å². The first kappa shape index (κ1) is 24.5. The van der Waals surface area contributed by atoms with Crippen LogP contribution in [-0.2, 0) is 16.0 Å². The number of hydrogen-bond donors (Lipinski definition) is 1. The lowest BCUT2D eigenvalue weighted by molar-refractivity contribution is -0.139. The number of ether oxygens (including phenoxy) is 1. The van der Waals surface area contributed by atoms with E-state index >= 15 is 0 Å². The minimum Gasteiger partial charge on any atom is -0.462 e. The third kappa shape index (κ3) is 8.55. The Morgan fingerprint density at radius 1 is 1.20 bits per heavy atom. The van der Waals surface area contributed by atoms with E-state index in [2.05, 4.69) is 23.5 Å². The van der Waals surface area contributed by atoms with Gasteiger partial charge in [-0.05, 0) is 68.8 Å². The van der Waals surface area contributed by atoms with E-state index in [-0.39, 0.29) is 18.5 Å². The minimum absolute atomic E-state index is 0.110. The summed E-state index contributed by atoms with van der Waals surface area (Å²) >= 11 is 0. The highest BCUT2D eigenvalue weighted by molar-refractivity contribution is 5.86. The molecule has 0 amide bonds. The lowest BCUT2D eigenvalue weighted by Gasteiger charge is -2.28. The molecule has 168 valence electrons. The number of carbonyl (C=O) groups is 1. The second-order valence-electron chi connectivity index (χ2n) is 8.93. The van der Waals surface area contributed by atoms with Crippen LogP contribution in [0.4, 0.5) is 0 Å². The Hall–Kier alpha value is -1.75. The third-order valence-electron chi connectivity index (χ3n) is 6.38. The molecule has 1 aromatic rings. The van der Waals surface area contributed by atoms with Gasteiger partial charge in [0.25, 0.3) is 0 Å². The maximum atomic E-state index is 11.5. The SMILES string of the molecule is C=C(C)C(=O)OCCC(CCO)Cc1ncc(C2CCC(CCCCC)CC2)cn1. The number of aromatic nitrogens is 2. The molecule has 1 fully saturated rings. The predicted octanol–water partition coefficient (Wildman–Crippen LogP) is 5.38. The van der Waals surface area contributed by atoms with Gasteiger partial charge in [0.05, 0.1) is 6.61 Å². The summed E-state index contributed by atoms with van der Waals surface area (Å²) in [6.45, 7) is 7.94. The molecule has 0 radical (unpaired) electrons. The molecule has 0 aliphatic heterocycles. The lowest BCUT2D eigenvalue weighted by Crippen LogP contribution is -2.16. The van der Waals surface area contributed by atoms with E-state index in [1.807, 2.05) is 12.4 Å². The maximum absolute atomic E-state index is 11.5. The molecule has 1 unspecified atom stereocenters. The zero-order valence-electron chi connectivity index (χ0n) is 18.9. The summed E-state index contributed by atoms with van der Waals surface area (Å²) in [7, 11) is 0. The number of unbranched alkanes of at least 4 members (excludes halogenated alkanes) is 2. The molecule has 1 N–H and O–H groups in total. The molecule has 0 saturated heterocycles. The van der Waals surface area contributed by atoms with Gasteiger partial charge in [-0.3, -0.25) is 0 Å². The fourth-order valence-corrected chi connectivity index (χ4v) is 4.38. The second kappa shape index (κ2) is 13.5. The fourth-order valence-electron chi connectivity index (χ4n) is 4.38. The highest BCUT2D eigenvalue weighted by atomic mass is 16.5. The van der Waals surface area contributed by atoms with Gasteiger partial charge in [0.1, 0.15) is 5.82 Å². The van der Waals surface area contributed by atoms with E-state index < -0.39 is 0 Å². The van der Waals surface area contributed by atoms with Crippen molar-refractivity contribution in [3.63, 3.8) is 0 Å². The number of nitrogens with zero attached hydrogens (tertiary/aromatic N) is 2. The van der Waals surface area contributed by atoms with Crippen molar-refractivity contribution in [3.05, 3.63) is 35.9 Å². The van der Waals surface area contributed by atoms with Gasteiger partial charge < -0.3 is 9.84 Å². The average Bonchev–Trinajstić information content (AvgIpc) is 2.75. The summed E-state index contributed by atoms with van der Waals surface area (Å²) in [5, 5.41) is 9.35. The predicted molar refractivity (Wildman–Crippen MR) is 120 cm³/mol. The quantitative estimate of drug-likeness (QED) is 0.265. The first-order valence-electron chi connectivity index (χ1n) is 11.8. The molecule has 2 rings (SSSR count). The van der Waals surface area contributed by atoms with Gasteiger partial charge in [-0.25, -0.2) is 14.8 Å². The van der Waals surface area contributed by atoms with Crippen LogP contribution < -0.4 is 0 Å². The number of esters is 1. The highest BCUT2D eigenvalue weighted by Gasteiger charge is 2.23. The van der Waals surface area contributed by atoms with Gasteiger partial charge in [0, 0.05) is 31.0 Å². The maximum Gasteiger partial charge on any atom is 0.333 e. The van der Waals surface area contributed by atoms with E-state index in [1.54, 1.807) is 6.92 Å². The molecule has 0 aromatic carbocycles. The lowest BCUT2D eigenvalue weighted by atomic mass is 9.77. The van der Waals surface area contributed by atoms with E-state index in [9.17, 15) is 9.90 Å².